The Morgan fingerprint density at radius 3 is 2.86 bits per heavy atom. The predicted octanol–water partition coefficient (Wildman–Crippen LogP) is 2.01. The van der Waals surface area contributed by atoms with Crippen LogP contribution in [-0.2, 0) is 4.74 Å². The normalized spacial score (nSPS) is 23.8. The zero-order valence-electron chi connectivity index (χ0n) is 13.9. The van der Waals surface area contributed by atoms with E-state index in [4.69, 9.17) is 4.74 Å². The van der Waals surface area contributed by atoms with Crippen LogP contribution in [0, 0.1) is 16.0 Å². The van der Waals surface area contributed by atoms with Gasteiger partial charge in [-0.3, -0.25) is 0 Å². The highest BCUT2D eigenvalue weighted by Crippen LogP contribution is 2.21. The number of hydrogen-bond acceptors (Lipinski definition) is 5. The molecule has 0 aromatic rings. The molecule has 1 aliphatic heterocycles. The van der Waals surface area contributed by atoms with E-state index in [1.54, 1.807) is 6.26 Å². The van der Waals surface area contributed by atoms with Gasteiger partial charge in [-0.2, -0.15) is 0 Å². The highest BCUT2D eigenvalue weighted by molar-refractivity contribution is 8.13. The SMILES string of the molecule is CCN(CC1COC(C)C1)C(C)CCNC(=N[N+](=O)[O-])SC. The van der Waals surface area contributed by atoms with Gasteiger partial charge in [-0.05, 0) is 45.4 Å². The van der Waals surface area contributed by atoms with E-state index in [0.717, 1.165) is 32.5 Å². The summed E-state index contributed by atoms with van der Waals surface area (Å²) < 4.78 is 5.63. The summed E-state index contributed by atoms with van der Waals surface area (Å²) in [7, 11) is 0. The zero-order chi connectivity index (χ0) is 16.5. The third-order valence-electron chi connectivity index (χ3n) is 4.01. The van der Waals surface area contributed by atoms with Crippen LogP contribution in [0.4, 0.5) is 0 Å². The molecule has 0 radical (unpaired) electrons. The minimum Gasteiger partial charge on any atom is -0.378 e. The Labute approximate surface area is 137 Å². The molecule has 0 aliphatic carbocycles. The number of hydrazone groups is 1. The summed E-state index contributed by atoms with van der Waals surface area (Å²) in [5.74, 6) is 0.614. The topological polar surface area (TPSA) is 80.0 Å². The van der Waals surface area contributed by atoms with E-state index in [-0.39, 0.29) is 0 Å². The second kappa shape index (κ2) is 10.0. The first-order chi connectivity index (χ1) is 10.5. The fraction of sp³-hybridized carbons (Fsp3) is 0.929. The van der Waals surface area contributed by atoms with Crippen LogP contribution >= 0.6 is 11.8 Å². The third kappa shape index (κ3) is 6.93. The van der Waals surface area contributed by atoms with Gasteiger partial charge < -0.3 is 15.0 Å². The van der Waals surface area contributed by atoms with E-state index in [9.17, 15) is 10.1 Å². The van der Waals surface area contributed by atoms with E-state index in [1.807, 2.05) is 0 Å². The van der Waals surface area contributed by atoms with Crippen LogP contribution in [0.2, 0.25) is 0 Å². The summed E-state index contributed by atoms with van der Waals surface area (Å²) >= 11 is 1.26. The van der Waals surface area contributed by atoms with Crippen LogP contribution in [0.3, 0.4) is 0 Å². The van der Waals surface area contributed by atoms with Crippen molar-refractivity contribution in [3.63, 3.8) is 0 Å². The second-order valence-corrected chi connectivity index (χ2v) is 6.54. The predicted molar refractivity (Wildman–Crippen MR) is 90.8 cm³/mol. The molecule has 1 N–H and O–H groups in total. The summed E-state index contributed by atoms with van der Waals surface area (Å²) in [5.41, 5.74) is 0. The molecule has 1 saturated heterocycles. The van der Waals surface area contributed by atoms with Crippen LogP contribution in [0.5, 0.6) is 0 Å². The molecule has 0 saturated carbocycles. The van der Waals surface area contributed by atoms with Gasteiger partial charge in [0.2, 0.25) is 5.17 Å². The van der Waals surface area contributed by atoms with Gasteiger partial charge in [0.1, 0.15) is 0 Å². The number of rotatable bonds is 8. The van der Waals surface area contributed by atoms with Crippen LogP contribution in [0.15, 0.2) is 5.10 Å². The van der Waals surface area contributed by atoms with Gasteiger partial charge in [0.25, 0.3) is 0 Å². The largest absolute Gasteiger partial charge is 0.378 e. The monoisotopic (exact) mass is 332 g/mol. The van der Waals surface area contributed by atoms with Crippen molar-refractivity contribution in [2.45, 2.75) is 45.8 Å². The third-order valence-corrected chi connectivity index (χ3v) is 4.62. The van der Waals surface area contributed by atoms with Gasteiger partial charge in [-0.15, -0.1) is 0 Å². The van der Waals surface area contributed by atoms with E-state index in [2.05, 4.69) is 36.1 Å². The maximum Gasteiger partial charge on any atom is 0.234 e. The van der Waals surface area contributed by atoms with Crippen molar-refractivity contribution in [1.29, 1.82) is 0 Å². The first kappa shape index (κ1) is 19.2. The first-order valence-electron chi connectivity index (χ1n) is 7.82. The van der Waals surface area contributed by atoms with Crippen molar-refractivity contribution >= 4 is 16.9 Å². The Kier molecular flexibility index (Phi) is 8.74. The van der Waals surface area contributed by atoms with E-state index < -0.39 is 5.03 Å². The molecule has 8 heteroatoms. The summed E-state index contributed by atoms with van der Waals surface area (Å²) in [6.45, 7) is 10.1. The molecular weight excluding hydrogens is 304 g/mol. The van der Waals surface area contributed by atoms with Gasteiger partial charge >= 0.3 is 0 Å². The second-order valence-electron chi connectivity index (χ2n) is 5.74. The minimum absolute atomic E-state index is 0.360. The summed E-state index contributed by atoms with van der Waals surface area (Å²) in [6, 6.07) is 0.423. The van der Waals surface area contributed by atoms with E-state index in [1.165, 1.54) is 11.8 Å². The van der Waals surface area contributed by atoms with Crippen LogP contribution < -0.4 is 5.32 Å². The van der Waals surface area contributed by atoms with Gasteiger partial charge in [0, 0.05) is 19.1 Å². The molecule has 0 aromatic carbocycles. The number of nitrogens with one attached hydrogen (secondary N) is 1. The highest BCUT2D eigenvalue weighted by Gasteiger charge is 2.25. The standard InChI is InChI=1S/C14H28N4O3S/c1-5-17(9-13-8-12(3)21-10-13)11(2)6-7-15-14(22-4)16-18(19)20/h11-13H,5-10H2,1-4H3,(H,15,16). The van der Waals surface area contributed by atoms with Crippen LogP contribution in [0.25, 0.3) is 0 Å². The van der Waals surface area contributed by atoms with Gasteiger partial charge in [-0.25, -0.2) is 10.1 Å². The molecule has 22 heavy (non-hydrogen) atoms. The van der Waals surface area contributed by atoms with Crippen molar-refractivity contribution in [3.05, 3.63) is 10.1 Å². The molecule has 1 heterocycles. The lowest BCUT2D eigenvalue weighted by atomic mass is 10.0. The van der Waals surface area contributed by atoms with Crippen molar-refractivity contribution in [2.24, 2.45) is 11.0 Å². The number of amidine groups is 1. The summed E-state index contributed by atoms with van der Waals surface area (Å²) in [4.78, 5) is 12.8. The molecule has 0 spiro atoms. The van der Waals surface area contributed by atoms with Crippen molar-refractivity contribution in [2.75, 3.05) is 32.5 Å². The van der Waals surface area contributed by atoms with Gasteiger partial charge in [0.05, 0.1) is 17.8 Å². The Hall–Kier alpha value is -0.860. The molecule has 128 valence electrons. The molecule has 1 rings (SSSR count). The lowest BCUT2D eigenvalue weighted by Gasteiger charge is -2.30. The van der Waals surface area contributed by atoms with Crippen LogP contribution in [0.1, 0.15) is 33.6 Å². The number of ether oxygens (including phenoxy) is 1. The maximum atomic E-state index is 10.4. The van der Waals surface area contributed by atoms with E-state index in [0.29, 0.717) is 29.8 Å². The van der Waals surface area contributed by atoms with Crippen molar-refractivity contribution in [3.8, 4) is 0 Å². The van der Waals surface area contributed by atoms with Crippen LogP contribution in [-0.4, -0.2) is 59.7 Å². The maximum absolute atomic E-state index is 10.4. The fourth-order valence-corrected chi connectivity index (χ4v) is 3.17. The molecule has 1 aliphatic rings. The summed E-state index contributed by atoms with van der Waals surface area (Å²) in [6.07, 6.45) is 4.21. The lowest BCUT2D eigenvalue weighted by Crippen LogP contribution is -2.39. The number of hydrogen-bond donors (Lipinski definition) is 1. The van der Waals surface area contributed by atoms with Crippen molar-refractivity contribution < 1.29 is 9.77 Å². The Bertz CT molecular complexity index is 381. The van der Waals surface area contributed by atoms with Crippen molar-refractivity contribution in [1.82, 2.24) is 10.2 Å². The molecular formula is C14H28N4O3S. The average Bonchev–Trinajstić information content (AvgIpc) is 2.88. The van der Waals surface area contributed by atoms with Gasteiger partial charge in [0.15, 0.2) is 5.03 Å². The number of nitrogens with zero attached hydrogens (tertiary/aromatic N) is 3. The highest BCUT2D eigenvalue weighted by atomic mass is 32.2. The quantitative estimate of drug-likeness (QED) is 0.317. The minimum atomic E-state index is -0.665. The number of thioether (sulfide) groups is 1. The zero-order valence-corrected chi connectivity index (χ0v) is 14.8. The molecule has 1 fully saturated rings. The summed E-state index contributed by atoms with van der Waals surface area (Å²) in [5, 5.41) is 16.4. The molecule has 3 unspecified atom stereocenters. The Morgan fingerprint density at radius 2 is 2.36 bits per heavy atom. The first-order valence-corrected chi connectivity index (χ1v) is 9.05. The fourth-order valence-electron chi connectivity index (χ4n) is 2.78. The molecule has 0 amide bonds. The smallest absolute Gasteiger partial charge is 0.234 e. The number of nitro groups is 1. The lowest BCUT2D eigenvalue weighted by molar-refractivity contribution is -0.484. The Morgan fingerprint density at radius 1 is 1.64 bits per heavy atom. The molecule has 3 atom stereocenters. The molecule has 0 aromatic heterocycles. The Balaban J connectivity index is 2.35. The van der Waals surface area contributed by atoms with Gasteiger partial charge in [-0.1, -0.05) is 18.7 Å². The average molecular weight is 332 g/mol. The molecule has 7 nitrogen and oxygen atoms in total. The molecule has 0 bridgehead atoms. The van der Waals surface area contributed by atoms with E-state index >= 15 is 0 Å².